The second kappa shape index (κ2) is 9.89. The maximum atomic E-state index is 11.9. The minimum atomic E-state index is -0.508. The molecule has 7 heteroatoms. The van der Waals surface area contributed by atoms with Crippen molar-refractivity contribution in [2.75, 3.05) is 36.4 Å². The number of nitrogens with one attached hydrogen (secondary N) is 1. The van der Waals surface area contributed by atoms with E-state index in [1.54, 1.807) is 6.07 Å². The molecule has 0 saturated carbocycles. The Bertz CT molecular complexity index is 835. The summed E-state index contributed by atoms with van der Waals surface area (Å²) in [4.78, 5) is 25.8. The minimum absolute atomic E-state index is 0.252. The van der Waals surface area contributed by atoms with Crippen LogP contribution in [0.5, 0.6) is 0 Å². The quantitative estimate of drug-likeness (QED) is 0.764. The van der Waals surface area contributed by atoms with Crippen LogP contribution in [0.4, 0.5) is 11.8 Å². The molecule has 0 bridgehead atoms. The summed E-state index contributed by atoms with van der Waals surface area (Å²) in [7, 11) is 0. The van der Waals surface area contributed by atoms with Gasteiger partial charge in [-0.05, 0) is 37.8 Å². The number of nitrogens with two attached hydrogens (primary N) is 1. The molecule has 3 heterocycles. The summed E-state index contributed by atoms with van der Waals surface area (Å²) in [5.74, 6) is 0.808. The number of amides is 1. The molecular formula is C23H32N6O. The summed E-state index contributed by atoms with van der Waals surface area (Å²) >= 11 is 0. The van der Waals surface area contributed by atoms with Crippen molar-refractivity contribution in [2.24, 2.45) is 5.73 Å². The predicted molar refractivity (Wildman–Crippen MR) is 120 cm³/mol. The molecule has 2 saturated heterocycles. The Morgan fingerprint density at radius 1 is 1.03 bits per heavy atom. The monoisotopic (exact) mass is 408 g/mol. The van der Waals surface area contributed by atoms with Crippen molar-refractivity contribution < 1.29 is 4.79 Å². The Hall–Kier alpha value is -2.67. The van der Waals surface area contributed by atoms with Crippen LogP contribution in [0.1, 0.15) is 54.6 Å². The van der Waals surface area contributed by atoms with Gasteiger partial charge in [0.2, 0.25) is 5.95 Å². The third-order valence-electron chi connectivity index (χ3n) is 5.98. The van der Waals surface area contributed by atoms with Crippen molar-refractivity contribution in [3.63, 3.8) is 0 Å². The molecule has 3 N–H and O–H groups in total. The number of nitrogens with zero attached hydrogens (tertiary/aromatic N) is 4. The van der Waals surface area contributed by atoms with Gasteiger partial charge in [0.25, 0.3) is 5.91 Å². The van der Waals surface area contributed by atoms with Crippen molar-refractivity contribution >= 4 is 17.7 Å². The second-order valence-corrected chi connectivity index (χ2v) is 8.40. The Labute approximate surface area is 178 Å². The lowest BCUT2D eigenvalue weighted by Crippen LogP contribution is -2.42. The summed E-state index contributed by atoms with van der Waals surface area (Å²) in [5, 5.41) is 3.49. The zero-order valence-corrected chi connectivity index (χ0v) is 17.6. The number of anilines is 2. The van der Waals surface area contributed by atoms with E-state index in [0.29, 0.717) is 5.95 Å². The molecule has 1 aromatic carbocycles. The summed E-state index contributed by atoms with van der Waals surface area (Å²) in [6.45, 7) is 4.89. The first-order valence-electron chi connectivity index (χ1n) is 11.1. The van der Waals surface area contributed by atoms with Crippen LogP contribution in [0, 0.1) is 0 Å². The molecule has 2 aromatic rings. The molecule has 0 radical (unpaired) electrons. The molecule has 0 aliphatic carbocycles. The van der Waals surface area contributed by atoms with E-state index in [4.69, 9.17) is 10.7 Å². The van der Waals surface area contributed by atoms with Crippen molar-refractivity contribution in [3.8, 4) is 0 Å². The van der Waals surface area contributed by atoms with Crippen LogP contribution in [0.3, 0.4) is 0 Å². The lowest BCUT2D eigenvalue weighted by molar-refractivity contribution is 0.0995. The lowest BCUT2D eigenvalue weighted by atomic mass is 10.0. The number of benzene rings is 1. The van der Waals surface area contributed by atoms with E-state index in [1.807, 2.05) is 0 Å². The highest BCUT2D eigenvalue weighted by Gasteiger charge is 2.22. The highest BCUT2D eigenvalue weighted by molar-refractivity contribution is 5.91. The number of aromatic nitrogens is 2. The van der Waals surface area contributed by atoms with Crippen LogP contribution in [-0.2, 0) is 6.54 Å². The van der Waals surface area contributed by atoms with Gasteiger partial charge in [-0.1, -0.05) is 43.2 Å². The van der Waals surface area contributed by atoms with Gasteiger partial charge in [-0.2, -0.15) is 4.98 Å². The Kier molecular flexibility index (Phi) is 6.79. The molecule has 1 unspecified atom stereocenters. The summed E-state index contributed by atoms with van der Waals surface area (Å²) < 4.78 is 0. The average molecular weight is 409 g/mol. The van der Waals surface area contributed by atoms with Gasteiger partial charge in [0, 0.05) is 38.3 Å². The Morgan fingerprint density at radius 2 is 1.80 bits per heavy atom. The van der Waals surface area contributed by atoms with Gasteiger partial charge in [-0.15, -0.1) is 0 Å². The predicted octanol–water partition coefficient (Wildman–Crippen LogP) is 3.03. The lowest BCUT2D eigenvalue weighted by Gasteiger charge is -2.33. The normalized spacial score (nSPS) is 20.5. The number of rotatable bonds is 6. The van der Waals surface area contributed by atoms with Gasteiger partial charge in [0.15, 0.2) is 0 Å². The van der Waals surface area contributed by atoms with Gasteiger partial charge >= 0.3 is 0 Å². The molecule has 2 aliphatic heterocycles. The highest BCUT2D eigenvalue weighted by Crippen LogP contribution is 2.22. The number of piperidine rings is 1. The highest BCUT2D eigenvalue weighted by atomic mass is 16.1. The fourth-order valence-corrected chi connectivity index (χ4v) is 4.43. The van der Waals surface area contributed by atoms with E-state index in [0.717, 1.165) is 64.2 Å². The van der Waals surface area contributed by atoms with Crippen LogP contribution in [-0.4, -0.2) is 53.0 Å². The SMILES string of the molecule is NC(=O)c1cc(N2CCCCCC2)nc(NC2CCCN(Cc3ccccc3)C2)n1. The molecule has 1 atom stereocenters. The van der Waals surface area contributed by atoms with Crippen molar-refractivity contribution in [1.29, 1.82) is 0 Å². The van der Waals surface area contributed by atoms with Crippen LogP contribution in [0.2, 0.25) is 0 Å². The van der Waals surface area contributed by atoms with E-state index >= 15 is 0 Å². The van der Waals surface area contributed by atoms with E-state index in [-0.39, 0.29) is 11.7 Å². The molecular weight excluding hydrogens is 376 g/mol. The fourth-order valence-electron chi connectivity index (χ4n) is 4.43. The van der Waals surface area contributed by atoms with Gasteiger partial charge in [0.05, 0.1) is 0 Å². The standard InChI is InChI=1S/C23H32N6O/c24-22(30)20-15-21(29-13-6-1-2-7-14-29)27-23(26-20)25-19-11-8-12-28(17-19)16-18-9-4-3-5-10-18/h3-5,9-10,15,19H,1-2,6-8,11-14,16-17H2,(H2,24,30)(H,25,26,27). The number of hydrogen-bond acceptors (Lipinski definition) is 6. The molecule has 2 aliphatic rings. The van der Waals surface area contributed by atoms with Crippen LogP contribution in [0.25, 0.3) is 0 Å². The zero-order chi connectivity index (χ0) is 20.8. The van der Waals surface area contributed by atoms with E-state index in [2.05, 4.69) is 50.4 Å². The van der Waals surface area contributed by atoms with Gasteiger partial charge in [0.1, 0.15) is 11.5 Å². The van der Waals surface area contributed by atoms with E-state index < -0.39 is 5.91 Å². The number of hydrogen-bond donors (Lipinski definition) is 2. The third-order valence-corrected chi connectivity index (χ3v) is 5.98. The molecule has 2 fully saturated rings. The zero-order valence-electron chi connectivity index (χ0n) is 17.6. The first-order chi connectivity index (χ1) is 14.7. The molecule has 1 amide bonds. The number of carbonyl (C=O) groups is 1. The molecule has 30 heavy (non-hydrogen) atoms. The largest absolute Gasteiger partial charge is 0.364 e. The van der Waals surface area contributed by atoms with Crippen molar-refractivity contribution in [3.05, 3.63) is 47.7 Å². The van der Waals surface area contributed by atoms with Gasteiger partial charge in [-0.25, -0.2) is 4.98 Å². The van der Waals surface area contributed by atoms with E-state index in [1.165, 1.54) is 18.4 Å². The Morgan fingerprint density at radius 3 is 2.53 bits per heavy atom. The maximum absolute atomic E-state index is 11.9. The molecule has 160 valence electrons. The maximum Gasteiger partial charge on any atom is 0.267 e. The van der Waals surface area contributed by atoms with Crippen molar-refractivity contribution in [2.45, 2.75) is 51.1 Å². The topological polar surface area (TPSA) is 87.4 Å². The molecule has 0 spiro atoms. The third kappa shape index (κ3) is 5.48. The summed E-state index contributed by atoms with van der Waals surface area (Å²) in [6, 6.07) is 12.6. The second-order valence-electron chi connectivity index (χ2n) is 8.40. The Balaban J connectivity index is 1.46. The number of carbonyl (C=O) groups excluding carboxylic acids is 1. The van der Waals surface area contributed by atoms with Crippen LogP contribution in [0.15, 0.2) is 36.4 Å². The van der Waals surface area contributed by atoms with Gasteiger partial charge in [-0.3, -0.25) is 9.69 Å². The fraction of sp³-hybridized carbons (Fsp3) is 0.522. The number of likely N-dealkylation sites (tertiary alicyclic amines) is 1. The molecule has 7 nitrogen and oxygen atoms in total. The first-order valence-corrected chi connectivity index (χ1v) is 11.1. The molecule has 1 aromatic heterocycles. The van der Waals surface area contributed by atoms with E-state index in [9.17, 15) is 4.79 Å². The number of primary amides is 1. The molecule has 4 rings (SSSR count). The minimum Gasteiger partial charge on any atom is -0.364 e. The van der Waals surface area contributed by atoms with Crippen molar-refractivity contribution in [1.82, 2.24) is 14.9 Å². The average Bonchev–Trinajstić information content (AvgIpc) is 3.04. The van der Waals surface area contributed by atoms with Crippen LogP contribution < -0.4 is 16.0 Å². The summed E-state index contributed by atoms with van der Waals surface area (Å²) in [6.07, 6.45) is 6.97. The summed E-state index contributed by atoms with van der Waals surface area (Å²) in [5.41, 5.74) is 7.18. The first kappa shape index (κ1) is 20.6. The van der Waals surface area contributed by atoms with Crippen LogP contribution >= 0.6 is 0 Å². The van der Waals surface area contributed by atoms with Gasteiger partial charge < -0.3 is 16.0 Å². The smallest absolute Gasteiger partial charge is 0.267 e.